The van der Waals surface area contributed by atoms with Crippen molar-refractivity contribution in [2.45, 2.75) is 51.5 Å². The standard InChI is InChI=1S/C27H38N6O2/c1-20(35-19-21-8-3-2-4-9-21)30-27-25(26(28)29)31-24(34)12-15-33(27)18-23-11-7-10-22(16-23)17-32-13-5-6-14-32/h2-4,7-10,16,20,23,25H,5-6,11-15,17-19H2,1H3,(H3,28,29)(H,31,34). The van der Waals surface area contributed by atoms with E-state index >= 15 is 0 Å². The second kappa shape index (κ2) is 12.1. The minimum absolute atomic E-state index is 0.118. The van der Waals surface area contributed by atoms with Crippen molar-refractivity contribution in [3.63, 3.8) is 0 Å². The van der Waals surface area contributed by atoms with E-state index in [4.69, 9.17) is 20.9 Å². The van der Waals surface area contributed by atoms with Crippen LogP contribution in [0.1, 0.15) is 38.2 Å². The molecule has 3 atom stereocenters. The molecule has 4 rings (SSSR count). The van der Waals surface area contributed by atoms with E-state index in [-0.39, 0.29) is 11.7 Å². The molecule has 0 bridgehead atoms. The molecular formula is C27H38N6O2. The fraction of sp³-hybridized carbons (Fsp3) is 0.519. The highest BCUT2D eigenvalue weighted by Gasteiger charge is 2.32. The number of carbonyl (C=O) groups excluding carboxylic acids is 1. The van der Waals surface area contributed by atoms with Gasteiger partial charge in [-0.15, -0.1) is 0 Å². The lowest BCUT2D eigenvalue weighted by Gasteiger charge is -2.32. The molecule has 4 N–H and O–H groups in total. The molecule has 0 radical (unpaired) electrons. The Morgan fingerprint density at radius 2 is 2.03 bits per heavy atom. The number of likely N-dealkylation sites (tertiary alicyclic amines) is 1. The van der Waals surface area contributed by atoms with Crippen LogP contribution in [0.4, 0.5) is 0 Å². The number of hydrogen-bond acceptors (Lipinski definition) is 5. The summed E-state index contributed by atoms with van der Waals surface area (Å²) >= 11 is 0. The number of amides is 1. The van der Waals surface area contributed by atoms with Crippen LogP contribution in [-0.2, 0) is 16.1 Å². The van der Waals surface area contributed by atoms with Crippen molar-refractivity contribution in [1.82, 2.24) is 15.1 Å². The van der Waals surface area contributed by atoms with Gasteiger partial charge in [0.15, 0.2) is 0 Å². The van der Waals surface area contributed by atoms with Gasteiger partial charge in [-0.1, -0.05) is 48.6 Å². The number of nitrogens with one attached hydrogen (secondary N) is 2. The minimum Gasteiger partial charge on any atom is -0.386 e. The van der Waals surface area contributed by atoms with Gasteiger partial charge < -0.3 is 20.7 Å². The average Bonchev–Trinajstić information content (AvgIpc) is 3.31. The molecule has 2 fully saturated rings. The predicted octanol–water partition coefficient (Wildman–Crippen LogP) is 2.67. The Hall–Kier alpha value is -2.97. The molecule has 0 aromatic heterocycles. The van der Waals surface area contributed by atoms with Gasteiger partial charge in [0.2, 0.25) is 5.91 Å². The van der Waals surface area contributed by atoms with Crippen molar-refractivity contribution in [2.24, 2.45) is 16.6 Å². The van der Waals surface area contributed by atoms with Crippen LogP contribution in [0.3, 0.4) is 0 Å². The molecule has 3 unspecified atom stereocenters. The second-order valence-corrected chi connectivity index (χ2v) is 9.66. The third-order valence-electron chi connectivity index (χ3n) is 6.74. The highest BCUT2D eigenvalue weighted by Crippen LogP contribution is 2.22. The summed E-state index contributed by atoms with van der Waals surface area (Å²) in [5, 5.41) is 11.0. The Kier molecular flexibility index (Phi) is 8.71. The van der Waals surface area contributed by atoms with Crippen molar-refractivity contribution in [3.8, 4) is 0 Å². The maximum atomic E-state index is 12.4. The van der Waals surface area contributed by atoms with Gasteiger partial charge in [0.25, 0.3) is 0 Å². The lowest BCUT2D eigenvalue weighted by Crippen LogP contribution is -2.53. The van der Waals surface area contributed by atoms with E-state index in [1.54, 1.807) is 0 Å². The molecule has 8 nitrogen and oxygen atoms in total. The maximum absolute atomic E-state index is 12.4. The van der Waals surface area contributed by atoms with Crippen LogP contribution in [0, 0.1) is 11.3 Å². The molecule has 3 aliphatic rings. The van der Waals surface area contributed by atoms with Gasteiger partial charge in [-0.25, -0.2) is 4.99 Å². The number of ether oxygens (including phenoxy) is 1. The number of carbonyl (C=O) groups is 1. The second-order valence-electron chi connectivity index (χ2n) is 9.66. The Labute approximate surface area is 208 Å². The first kappa shape index (κ1) is 25.1. The number of amidine groups is 2. The van der Waals surface area contributed by atoms with Crippen LogP contribution >= 0.6 is 0 Å². The van der Waals surface area contributed by atoms with Gasteiger partial charge >= 0.3 is 0 Å². The molecule has 0 saturated carbocycles. The van der Waals surface area contributed by atoms with E-state index in [2.05, 4.69) is 33.3 Å². The molecule has 8 heteroatoms. The summed E-state index contributed by atoms with van der Waals surface area (Å²) in [6, 6.07) is 9.21. The molecule has 188 valence electrons. The van der Waals surface area contributed by atoms with Gasteiger partial charge in [0, 0.05) is 26.1 Å². The molecule has 2 saturated heterocycles. The number of nitrogens with zero attached hydrogens (tertiary/aromatic N) is 3. The zero-order chi connectivity index (χ0) is 24.6. The maximum Gasteiger partial charge on any atom is 0.222 e. The third kappa shape index (κ3) is 7.26. The van der Waals surface area contributed by atoms with E-state index in [1.165, 1.54) is 31.5 Å². The highest BCUT2D eigenvalue weighted by atomic mass is 16.5. The summed E-state index contributed by atoms with van der Waals surface area (Å²) in [4.78, 5) is 21.9. The normalized spacial score (nSPS) is 25.3. The Morgan fingerprint density at radius 3 is 2.77 bits per heavy atom. The van der Waals surface area contributed by atoms with Crippen molar-refractivity contribution in [1.29, 1.82) is 5.41 Å². The summed E-state index contributed by atoms with van der Waals surface area (Å²) in [6.07, 6.45) is 10.3. The van der Waals surface area contributed by atoms with Crippen LogP contribution in [0.15, 0.2) is 59.1 Å². The molecule has 0 spiro atoms. The number of benzene rings is 1. The smallest absolute Gasteiger partial charge is 0.222 e. The number of nitrogens with two attached hydrogens (primary N) is 1. The summed E-state index contributed by atoms with van der Waals surface area (Å²) in [5.41, 5.74) is 8.35. The van der Waals surface area contributed by atoms with E-state index in [0.29, 0.717) is 31.3 Å². The fourth-order valence-corrected chi connectivity index (χ4v) is 4.94. The Bertz CT molecular complexity index is 967. The molecule has 1 amide bonds. The van der Waals surface area contributed by atoms with Crippen LogP contribution < -0.4 is 11.1 Å². The quantitative estimate of drug-likeness (QED) is 0.374. The largest absolute Gasteiger partial charge is 0.386 e. The topological polar surface area (TPSA) is 107 Å². The lowest BCUT2D eigenvalue weighted by atomic mass is 9.95. The van der Waals surface area contributed by atoms with Crippen molar-refractivity contribution >= 4 is 17.6 Å². The van der Waals surface area contributed by atoms with Gasteiger partial charge in [0.05, 0.1) is 6.61 Å². The summed E-state index contributed by atoms with van der Waals surface area (Å²) in [5.74, 6) is 0.678. The first-order chi connectivity index (χ1) is 17.0. The van der Waals surface area contributed by atoms with Crippen molar-refractivity contribution in [3.05, 3.63) is 59.7 Å². The van der Waals surface area contributed by atoms with E-state index in [1.807, 2.05) is 37.3 Å². The molecule has 1 aromatic carbocycles. The zero-order valence-corrected chi connectivity index (χ0v) is 20.7. The highest BCUT2D eigenvalue weighted by molar-refractivity contribution is 6.10. The zero-order valence-electron chi connectivity index (χ0n) is 20.7. The first-order valence-corrected chi connectivity index (χ1v) is 12.7. The van der Waals surface area contributed by atoms with E-state index in [0.717, 1.165) is 25.1 Å². The molecular weight excluding hydrogens is 440 g/mol. The number of aliphatic imine (C=N–C) groups is 1. The minimum atomic E-state index is -0.750. The molecule has 2 aliphatic heterocycles. The average molecular weight is 479 g/mol. The van der Waals surface area contributed by atoms with Crippen LogP contribution in [0.25, 0.3) is 0 Å². The Morgan fingerprint density at radius 1 is 1.26 bits per heavy atom. The number of allylic oxidation sites excluding steroid dienone is 1. The predicted molar refractivity (Wildman–Crippen MR) is 139 cm³/mol. The molecule has 1 aromatic rings. The number of hydrogen-bond donors (Lipinski definition) is 3. The SMILES string of the molecule is CC(N=C1C(C(=N)N)NC(=O)CCN1CC1C=C(CN2CCCC2)C=CC1)OCc1ccccc1. The monoisotopic (exact) mass is 478 g/mol. The summed E-state index contributed by atoms with van der Waals surface area (Å²) < 4.78 is 5.99. The van der Waals surface area contributed by atoms with Crippen LogP contribution in [-0.4, -0.2) is 72.4 Å². The fourth-order valence-electron chi connectivity index (χ4n) is 4.94. The Balaban J connectivity index is 1.49. The molecule has 2 heterocycles. The summed E-state index contributed by atoms with van der Waals surface area (Å²) in [7, 11) is 0. The lowest BCUT2D eigenvalue weighted by molar-refractivity contribution is -0.120. The van der Waals surface area contributed by atoms with E-state index in [9.17, 15) is 4.79 Å². The van der Waals surface area contributed by atoms with Crippen molar-refractivity contribution in [2.75, 3.05) is 32.7 Å². The van der Waals surface area contributed by atoms with E-state index < -0.39 is 12.3 Å². The van der Waals surface area contributed by atoms with Crippen LogP contribution in [0.2, 0.25) is 0 Å². The molecule has 35 heavy (non-hydrogen) atoms. The first-order valence-electron chi connectivity index (χ1n) is 12.7. The van der Waals surface area contributed by atoms with Crippen molar-refractivity contribution < 1.29 is 9.53 Å². The van der Waals surface area contributed by atoms with Gasteiger partial charge in [-0.05, 0) is 56.3 Å². The van der Waals surface area contributed by atoms with Gasteiger partial charge in [0.1, 0.15) is 23.9 Å². The van der Waals surface area contributed by atoms with Gasteiger partial charge in [-0.2, -0.15) is 0 Å². The molecule has 1 aliphatic carbocycles. The van der Waals surface area contributed by atoms with Crippen LogP contribution in [0.5, 0.6) is 0 Å². The summed E-state index contributed by atoms with van der Waals surface area (Å²) in [6.45, 7) is 6.92. The third-order valence-corrected chi connectivity index (χ3v) is 6.74. The number of rotatable bonds is 9. The van der Waals surface area contributed by atoms with Gasteiger partial charge in [-0.3, -0.25) is 15.1 Å².